The predicted octanol–water partition coefficient (Wildman–Crippen LogP) is 3.55. The van der Waals surface area contributed by atoms with Crippen LogP contribution in [0.4, 0.5) is 0 Å². The highest BCUT2D eigenvalue weighted by Gasteiger charge is 2.28. The third-order valence-corrected chi connectivity index (χ3v) is 8.13. The van der Waals surface area contributed by atoms with Gasteiger partial charge < -0.3 is 8.99 Å². The normalized spacial score (nSPS) is 12.0. The van der Waals surface area contributed by atoms with Gasteiger partial charge in [-0.2, -0.15) is 0 Å². The van der Waals surface area contributed by atoms with Gasteiger partial charge in [0.15, 0.2) is 8.32 Å². The molecule has 1 heterocycles. The quantitative estimate of drug-likeness (QED) is 0.675. The summed E-state index contributed by atoms with van der Waals surface area (Å²) in [5, 5.41) is 0. The minimum atomic E-state index is -1.41. The van der Waals surface area contributed by atoms with Crippen LogP contribution in [0.5, 0.6) is 0 Å². The zero-order chi connectivity index (χ0) is 11.3. The topological polar surface area (TPSA) is 14.2 Å². The first kappa shape index (κ1) is 12.5. The van der Waals surface area contributed by atoms with Gasteiger partial charge in [-0.1, -0.05) is 20.8 Å². The van der Waals surface area contributed by atoms with E-state index in [9.17, 15) is 0 Å². The molecule has 0 aliphatic heterocycles. The summed E-state index contributed by atoms with van der Waals surface area (Å²) >= 11 is 0. The van der Waals surface area contributed by atoms with Crippen molar-refractivity contribution in [2.75, 3.05) is 0 Å². The molecule has 2 nitrogen and oxygen atoms in total. The minimum absolute atomic E-state index is 0.783. The van der Waals surface area contributed by atoms with Crippen molar-refractivity contribution in [3.63, 3.8) is 0 Å². The first-order valence-electron chi connectivity index (χ1n) is 5.91. The maximum atomic E-state index is 6.22. The Balaban J connectivity index is 2.58. The Hall–Kier alpha value is -0.543. The molecular weight excluding hydrogens is 202 g/mol. The van der Waals surface area contributed by atoms with Crippen molar-refractivity contribution in [3.8, 4) is 0 Å². The number of aryl methyl sites for hydroxylation is 1. The Kier molecular flexibility index (Phi) is 4.61. The lowest BCUT2D eigenvalue weighted by Crippen LogP contribution is -2.35. The van der Waals surface area contributed by atoms with Crippen LogP contribution in [0.3, 0.4) is 0 Å². The van der Waals surface area contributed by atoms with Crippen molar-refractivity contribution in [2.45, 2.75) is 45.5 Å². The molecule has 0 saturated carbocycles. The largest absolute Gasteiger partial charge is 0.411 e. The van der Waals surface area contributed by atoms with Gasteiger partial charge in [-0.15, -0.1) is 0 Å². The first-order chi connectivity index (χ1) is 7.17. The van der Waals surface area contributed by atoms with Crippen molar-refractivity contribution >= 4 is 8.32 Å². The molecule has 0 amide bonds. The van der Waals surface area contributed by atoms with Crippen LogP contribution in [-0.2, 0) is 18.1 Å². The molecule has 0 radical (unpaired) electrons. The van der Waals surface area contributed by atoms with Gasteiger partial charge in [0.1, 0.15) is 0 Å². The fourth-order valence-corrected chi connectivity index (χ4v) is 4.50. The van der Waals surface area contributed by atoms with E-state index in [1.165, 1.54) is 23.8 Å². The number of nitrogens with zero attached hydrogens (tertiary/aromatic N) is 1. The Morgan fingerprint density at radius 3 is 2.20 bits per heavy atom. The standard InChI is InChI=1S/C12H23NOSi/c1-5-15(6-2,7-3)14-11-12-9-8-10-13(12)4/h8-10H,5-7,11H2,1-4H3. The van der Waals surface area contributed by atoms with E-state index in [4.69, 9.17) is 4.43 Å². The number of hydrogen-bond acceptors (Lipinski definition) is 1. The van der Waals surface area contributed by atoms with Gasteiger partial charge in [-0.05, 0) is 30.3 Å². The van der Waals surface area contributed by atoms with E-state index in [-0.39, 0.29) is 0 Å². The Labute approximate surface area is 94.4 Å². The summed E-state index contributed by atoms with van der Waals surface area (Å²) in [4.78, 5) is 0. The van der Waals surface area contributed by atoms with E-state index in [2.05, 4.69) is 50.7 Å². The third-order valence-electron chi connectivity index (χ3n) is 3.51. The lowest BCUT2D eigenvalue weighted by Gasteiger charge is -2.28. The molecule has 0 unspecified atom stereocenters. The van der Waals surface area contributed by atoms with Gasteiger partial charge in [-0.25, -0.2) is 0 Å². The molecule has 1 rings (SSSR count). The molecule has 0 N–H and O–H groups in total. The summed E-state index contributed by atoms with van der Waals surface area (Å²) in [5.74, 6) is 0. The highest BCUT2D eigenvalue weighted by Crippen LogP contribution is 2.23. The average Bonchev–Trinajstić information content (AvgIpc) is 2.67. The van der Waals surface area contributed by atoms with E-state index in [0.29, 0.717) is 0 Å². The SMILES string of the molecule is CC[Si](CC)(CC)OCc1cccn1C. The molecule has 0 aliphatic carbocycles. The summed E-state index contributed by atoms with van der Waals surface area (Å²) < 4.78 is 8.36. The van der Waals surface area contributed by atoms with Crippen LogP contribution < -0.4 is 0 Å². The lowest BCUT2D eigenvalue weighted by atomic mass is 10.5. The molecule has 0 atom stereocenters. The number of hydrogen-bond donors (Lipinski definition) is 0. The summed E-state index contributed by atoms with van der Waals surface area (Å²) in [5.41, 5.74) is 1.28. The van der Waals surface area contributed by atoms with Crippen LogP contribution in [-0.4, -0.2) is 12.9 Å². The molecular formula is C12H23NOSi. The van der Waals surface area contributed by atoms with Crippen LogP contribution in [0.1, 0.15) is 26.5 Å². The highest BCUT2D eigenvalue weighted by atomic mass is 28.4. The van der Waals surface area contributed by atoms with Gasteiger partial charge in [0.25, 0.3) is 0 Å². The molecule has 86 valence electrons. The van der Waals surface area contributed by atoms with Crippen molar-refractivity contribution in [1.29, 1.82) is 0 Å². The van der Waals surface area contributed by atoms with E-state index < -0.39 is 8.32 Å². The highest BCUT2D eigenvalue weighted by molar-refractivity contribution is 6.73. The summed E-state index contributed by atoms with van der Waals surface area (Å²) in [6.45, 7) is 7.59. The van der Waals surface area contributed by atoms with E-state index in [1.807, 2.05) is 0 Å². The first-order valence-corrected chi connectivity index (χ1v) is 8.44. The molecule has 1 aromatic rings. The molecule has 0 bridgehead atoms. The number of rotatable bonds is 6. The molecule has 0 saturated heterocycles. The Morgan fingerprint density at radius 2 is 1.80 bits per heavy atom. The van der Waals surface area contributed by atoms with Crippen molar-refractivity contribution in [2.24, 2.45) is 7.05 Å². The molecule has 0 aliphatic rings. The van der Waals surface area contributed by atoms with Gasteiger partial charge in [0, 0.05) is 18.9 Å². The van der Waals surface area contributed by atoms with E-state index in [0.717, 1.165) is 6.61 Å². The van der Waals surface area contributed by atoms with Crippen molar-refractivity contribution in [3.05, 3.63) is 24.0 Å². The molecule has 1 aromatic heterocycles. The van der Waals surface area contributed by atoms with Crippen molar-refractivity contribution in [1.82, 2.24) is 4.57 Å². The van der Waals surface area contributed by atoms with Gasteiger partial charge in [0.05, 0.1) is 6.61 Å². The Morgan fingerprint density at radius 1 is 1.20 bits per heavy atom. The molecule has 0 spiro atoms. The Bertz CT molecular complexity index is 283. The number of aromatic nitrogens is 1. The van der Waals surface area contributed by atoms with E-state index in [1.54, 1.807) is 0 Å². The molecule has 15 heavy (non-hydrogen) atoms. The van der Waals surface area contributed by atoms with Crippen LogP contribution in [0.2, 0.25) is 18.1 Å². The van der Waals surface area contributed by atoms with Crippen LogP contribution >= 0.6 is 0 Å². The second kappa shape index (κ2) is 5.52. The van der Waals surface area contributed by atoms with Crippen LogP contribution in [0, 0.1) is 0 Å². The second-order valence-electron chi connectivity index (χ2n) is 4.14. The third kappa shape index (κ3) is 2.95. The zero-order valence-electron chi connectivity index (χ0n) is 10.4. The second-order valence-corrected chi connectivity index (χ2v) is 8.92. The van der Waals surface area contributed by atoms with Crippen molar-refractivity contribution < 1.29 is 4.43 Å². The molecule has 0 fully saturated rings. The monoisotopic (exact) mass is 225 g/mol. The fourth-order valence-electron chi connectivity index (χ4n) is 1.93. The molecule has 0 aromatic carbocycles. The zero-order valence-corrected chi connectivity index (χ0v) is 11.4. The maximum absolute atomic E-state index is 6.22. The van der Waals surface area contributed by atoms with Gasteiger partial charge >= 0.3 is 0 Å². The van der Waals surface area contributed by atoms with Gasteiger partial charge in [-0.3, -0.25) is 0 Å². The lowest BCUT2D eigenvalue weighted by molar-refractivity contribution is 0.279. The maximum Gasteiger partial charge on any atom is 0.192 e. The van der Waals surface area contributed by atoms with Gasteiger partial charge in [0.2, 0.25) is 0 Å². The fraction of sp³-hybridized carbons (Fsp3) is 0.667. The molecule has 3 heteroatoms. The summed E-state index contributed by atoms with van der Waals surface area (Å²) in [7, 11) is 0.665. The van der Waals surface area contributed by atoms with E-state index >= 15 is 0 Å². The summed E-state index contributed by atoms with van der Waals surface area (Å²) in [6.07, 6.45) is 2.08. The summed E-state index contributed by atoms with van der Waals surface area (Å²) in [6, 6.07) is 7.89. The minimum Gasteiger partial charge on any atom is -0.411 e. The average molecular weight is 225 g/mol. The van der Waals surface area contributed by atoms with Crippen LogP contribution in [0.15, 0.2) is 18.3 Å². The smallest absolute Gasteiger partial charge is 0.192 e. The predicted molar refractivity (Wildman–Crippen MR) is 67.4 cm³/mol. The van der Waals surface area contributed by atoms with Crippen LogP contribution in [0.25, 0.3) is 0 Å².